The summed E-state index contributed by atoms with van der Waals surface area (Å²) in [4.78, 5) is 24.3. The topological polar surface area (TPSA) is 64.6 Å². The molecule has 6 nitrogen and oxygen atoms in total. The molecule has 0 aliphatic carbocycles. The van der Waals surface area contributed by atoms with Crippen molar-refractivity contribution in [2.45, 2.75) is 13.5 Å². The third-order valence-electron chi connectivity index (χ3n) is 4.84. The highest BCUT2D eigenvalue weighted by Crippen LogP contribution is 2.34. The Morgan fingerprint density at radius 2 is 1.93 bits per heavy atom. The van der Waals surface area contributed by atoms with E-state index in [1.807, 2.05) is 37.3 Å². The molecule has 5 rings (SSSR count). The summed E-state index contributed by atoms with van der Waals surface area (Å²) in [5.74, 6) is 1.09. The number of aromatic nitrogens is 2. The Kier molecular flexibility index (Phi) is 4.80. The van der Waals surface area contributed by atoms with Gasteiger partial charge in [0, 0.05) is 11.8 Å². The number of aryl methyl sites for hydroxylation is 1. The molecular weight excluding hydrogens is 398 g/mol. The number of hydrogen-bond acceptors (Lipinski definition) is 6. The number of carbonyl (C=O) groups excluding carboxylic acids is 1. The molecule has 0 unspecified atom stereocenters. The molecule has 1 aliphatic heterocycles. The number of carbonyl (C=O) groups is 1. The lowest BCUT2D eigenvalue weighted by atomic mass is 10.1. The van der Waals surface area contributed by atoms with Crippen LogP contribution in [0.2, 0.25) is 0 Å². The van der Waals surface area contributed by atoms with Crippen LogP contribution < -0.4 is 14.4 Å². The molecule has 0 fully saturated rings. The largest absolute Gasteiger partial charge is 0.486 e. The molecule has 0 radical (unpaired) electrons. The van der Waals surface area contributed by atoms with E-state index in [1.54, 1.807) is 29.3 Å². The molecule has 0 saturated carbocycles. The average molecular weight is 417 g/mol. The van der Waals surface area contributed by atoms with Gasteiger partial charge in [-0.15, -0.1) is 0 Å². The monoisotopic (exact) mass is 417 g/mol. The van der Waals surface area contributed by atoms with E-state index < -0.39 is 0 Å². The maximum Gasteiger partial charge on any atom is 0.260 e. The van der Waals surface area contributed by atoms with Crippen molar-refractivity contribution in [2.24, 2.45) is 0 Å². The number of thiazole rings is 1. The molecule has 0 spiro atoms. The fraction of sp³-hybridized carbons (Fsp3) is 0.174. The molecule has 0 N–H and O–H groups in total. The highest BCUT2D eigenvalue weighted by Gasteiger charge is 2.24. The fourth-order valence-corrected chi connectivity index (χ4v) is 4.41. The van der Waals surface area contributed by atoms with Crippen LogP contribution >= 0.6 is 11.3 Å². The normalized spacial score (nSPS) is 12.7. The van der Waals surface area contributed by atoms with E-state index >= 15 is 0 Å². The van der Waals surface area contributed by atoms with Gasteiger partial charge in [0.05, 0.1) is 22.5 Å². The van der Waals surface area contributed by atoms with Gasteiger partial charge in [0.25, 0.3) is 5.91 Å². The number of rotatable bonds is 4. The zero-order valence-corrected chi connectivity index (χ0v) is 17.2. The molecule has 150 valence electrons. The summed E-state index contributed by atoms with van der Waals surface area (Å²) in [5, 5.41) is 0.640. The average Bonchev–Trinajstić information content (AvgIpc) is 3.20. The van der Waals surface area contributed by atoms with Gasteiger partial charge in [-0.2, -0.15) is 0 Å². The van der Waals surface area contributed by atoms with E-state index in [0.29, 0.717) is 42.0 Å². The molecule has 2 aromatic heterocycles. The molecule has 1 amide bonds. The minimum Gasteiger partial charge on any atom is -0.486 e. The summed E-state index contributed by atoms with van der Waals surface area (Å²) in [5.41, 5.74) is 3.35. The second-order valence-corrected chi connectivity index (χ2v) is 8.05. The first-order valence-electron chi connectivity index (χ1n) is 9.66. The molecule has 7 heteroatoms. The van der Waals surface area contributed by atoms with Gasteiger partial charge >= 0.3 is 0 Å². The summed E-state index contributed by atoms with van der Waals surface area (Å²) in [6.07, 6.45) is 1.73. The Morgan fingerprint density at radius 3 is 2.77 bits per heavy atom. The summed E-state index contributed by atoms with van der Waals surface area (Å²) in [7, 11) is 0. The van der Waals surface area contributed by atoms with Gasteiger partial charge in [-0.05, 0) is 55.0 Å². The molecule has 2 aromatic carbocycles. The summed E-state index contributed by atoms with van der Waals surface area (Å²) < 4.78 is 12.3. The minimum absolute atomic E-state index is 0.159. The van der Waals surface area contributed by atoms with Crippen LogP contribution in [0.25, 0.3) is 10.2 Å². The molecular formula is C23H19N3O3S. The fourth-order valence-electron chi connectivity index (χ4n) is 3.35. The first-order valence-corrected chi connectivity index (χ1v) is 10.5. The Hall–Kier alpha value is -3.45. The molecule has 3 heterocycles. The SMILES string of the molecule is Cc1ccc2nc(N(Cc3ccccn3)C(=O)c3ccc4c(c3)OCCO4)sc2c1. The van der Waals surface area contributed by atoms with E-state index in [9.17, 15) is 4.79 Å². The lowest BCUT2D eigenvalue weighted by Crippen LogP contribution is -2.31. The van der Waals surface area contributed by atoms with Crippen LogP contribution in [0.15, 0.2) is 60.8 Å². The van der Waals surface area contributed by atoms with E-state index in [-0.39, 0.29) is 5.91 Å². The number of amides is 1. The maximum atomic E-state index is 13.5. The van der Waals surface area contributed by atoms with Crippen molar-refractivity contribution in [1.82, 2.24) is 9.97 Å². The number of ether oxygens (including phenoxy) is 2. The number of pyridine rings is 1. The molecule has 4 aromatic rings. The Morgan fingerprint density at radius 1 is 1.07 bits per heavy atom. The third-order valence-corrected chi connectivity index (χ3v) is 5.89. The van der Waals surface area contributed by atoms with Crippen LogP contribution in [-0.2, 0) is 6.54 Å². The standard InChI is InChI=1S/C23H19N3O3S/c1-15-5-7-18-21(12-15)30-23(25-18)26(14-17-4-2-3-9-24-17)22(27)16-6-8-19-20(13-16)29-11-10-28-19/h2-9,12-13H,10-11,14H2,1H3. The minimum atomic E-state index is -0.159. The van der Waals surface area contributed by atoms with Gasteiger partial charge in [0.1, 0.15) is 13.2 Å². The number of fused-ring (bicyclic) bond motifs is 2. The molecule has 0 bridgehead atoms. The van der Waals surface area contributed by atoms with Crippen LogP contribution in [0.3, 0.4) is 0 Å². The van der Waals surface area contributed by atoms with Crippen molar-refractivity contribution in [1.29, 1.82) is 0 Å². The molecule has 0 saturated heterocycles. The lowest BCUT2D eigenvalue weighted by Gasteiger charge is -2.22. The predicted octanol–water partition coefficient (Wildman–Crippen LogP) is 4.62. The lowest BCUT2D eigenvalue weighted by molar-refractivity contribution is 0.0983. The van der Waals surface area contributed by atoms with Crippen LogP contribution in [0.1, 0.15) is 21.6 Å². The van der Waals surface area contributed by atoms with Gasteiger partial charge < -0.3 is 9.47 Å². The summed E-state index contributed by atoms with van der Waals surface area (Å²) in [6.45, 7) is 3.36. The molecule has 0 atom stereocenters. The Labute approximate surface area is 177 Å². The number of nitrogens with zero attached hydrogens (tertiary/aromatic N) is 3. The van der Waals surface area contributed by atoms with E-state index in [1.165, 1.54) is 11.3 Å². The first kappa shape index (κ1) is 18.6. The Balaban J connectivity index is 1.55. The van der Waals surface area contributed by atoms with Crippen LogP contribution in [-0.4, -0.2) is 29.1 Å². The van der Waals surface area contributed by atoms with Gasteiger partial charge in [-0.3, -0.25) is 14.7 Å². The van der Waals surface area contributed by atoms with Crippen LogP contribution in [0.4, 0.5) is 5.13 Å². The number of anilines is 1. The second kappa shape index (κ2) is 7.76. The quantitative estimate of drug-likeness (QED) is 0.485. The van der Waals surface area contributed by atoms with Crippen molar-refractivity contribution in [2.75, 3.05) is 18.1 Å². The summed E-state index contributed by atoms with van der Waals surface area (Å²) >= 11 is 1.50. The van der Waals surface area contributed by atoms with Gasteiger partial charge in [0.2, 0.25) is 0 Å². The van der Waals surface area contributed by atoms with E-state index in [4.69, 9.17) is 14.5 Å². The highest BCUT2D eigenvalue weighted by molar-refractivity contribution is 7.22. The van der Waals surface area contributed by atoms with Gasteiger partial charge in [-0.25, -0.2) is 4.98 Å². The number of benzene rings is 2. The first-order chi connectivity index (χ1) is 14.7. The predicted molar refractivity (Wildman–Crippen MR) is 117 cm³/mol. The molecule has 1 aliphatic rings. The molecule has 30 heavy (non-hydrogen) atoms. The van der Waals surface area contributed by atoms with Crippen molar-refractivity contribution in [3.8, 4) is 11.5 Å². The second-order valence-electron chi connectivity index (χ2n) is 7.04. The van der Waals surface area contributed by atoms with Crippen molar-refractivity contribution >= 4 is 32.6 Å². The third kappa shape index (κ3) is 3.59. The summed E-state index contributed by atoms with van der Waals surface area (Å²) in [6, 6.07) is 17.1. The van der Waals surface area contributed by atoms with Crippen molar-refractivity contribution < 1.29 is 14.3 Å². The zero-order chi connectivity index (χ0) is 20.5. The van der Waals surface area contributed by atoms with Gasteiger partial charge in [0.15, 0.2) is 16.6 Å². The van der Waals surface area contributed by atoms with E-state index in [2.05, 4.69) is 11.1 Å². The maximum absolute atomic E-state index is 13.5. The highest BCUT2D eigenvalue weighted by atomic mass is 32.1. The van der Waals surface area contributed by atoms with Crippen LogP contribution in [0, 0.1) is 6.92 Å². The van der Waals surface area contributed by atoms with Gasteiger partial charge in [-0.1, -0.05) is 23.5 Å². The van der Waals surface area contributed by atoms with Crippen molar-refractivity contribution in [3.05, 3.63) is 77.6 Å². The smallest absolute Gasteiger partial charge is 0.260 e. The van der Waals surface area contributed by atoms with Crippen molar-refractivity contribution in [3.63, 3.8) is 0 Å². The zero-order valence-electron chi connectivity index (χ0n) is 16.4. The Bertz CT molecular complexity index is 1220. The van der Waals surface area contributed by atoms with Crippen LogP contribution in [0.5, 0.6) is 11.5 Å². The number of hydrogen-bond donors (Lipinski definition) is 0. The van der Waals surface area contributed by atoms with E-state index in [0.717, 1.165) is 21.5 Å².